The van der Waals surface area contributed by atoms with Crippen molar-refractivity contribution in [2.45, 2.75) is 0 Å². The largest absolute Gasteiger partial charge is 0.386 e. The summed E-state index contributed by atoms with van der Waals surface area (Å²) in [5.74, 6) is 0.646. The van der Waals surface area contributed by atoms with E-state index in [1.807, 2.05) is 12.1 Å². The topological polar surface area (TPSA) is 9.23 Å². The first-order chi connectivity index (χ1) is 4.86. The second-order valence-corrected chi connectivity index (χ2v) is 2.00. The normalized spacial score (nSPS) is 8.90. The molecular formula is C8H7ClO. The van der Waals surface area contributed by atoms with Crippen LogP contribution in [-0.2, 0) is 0 Å². The Labute approximate surface area is 65.1 Å². The molecule has 52 valence electrons. The molecule has 0 radical (unpaired) electrons. The lowest BCUT2D eigenvalue weighted by Gasteiger charge is -1.94. The van der Waals surface area contributed by atoms with Gasteiger partial charge in [-0.2, -0.15) is 0 Å². The summed E-state index contributed by atoms with van der Waals surface area (Å²) in [5, 5.41) is 0. The Morgan fingerprint density at radius 3 is 2.30 bits per heavy atom. The van der Waals surface area contributed by atoms with Crippen LogP contribution >= 0.6 is 11.9 Å². The Morgan fingerprint density at radius 1 is 1.30 bits per heavy atom. The van der Waals surface area contributed by atoms with Gasteiger partial charge in [-0.25, -0.2) is 0 Å². The highest BCUT2D eigenvalue weighted by molar-refractivity contribution is 6.09. The summed E-state index contributed by atoms with van der Waals surface area (Å²) in [5.41, 5.74) is 1.05. The maximum Gasteiger partial charge on any atom is 0.146 e. The third kappa shape index (κ3) is 1.52. The van der Waals surface area contributed by atoms with Crippen molar-refractivity contribution in [1.82, 2.24) is 0 Å². The molecule has 0 aliphatic carbocycles. The van der Waals surface area contributed by atoms with Crippen molar-refractivity contribution < 1.29 is 4.29 Å². The molecule has 0 saturated carbocycles. The maximum atomic E-state index is 5.10. The predicted octanol–water partition coefficient (Wildman–Crippen LogP) is 2.86. The summed E-state index contributed by atoms with van der Waals surface area (Å²) >= 11 is 5.10. The molecule has 1 nitrogen and oxygen atoms in total. The fourth-order valence-electron chi connectivity index (χ4n) is 0.655. The van der Waals surface area contributed by atoms with Crippen molar-refractivity contribution in [2.75, 3.05) is 0 Å². The molecular weight excluding hydrogens is 148 g/mol. The summed E-state index contributed by atoms with van der Waals surface area (Å²) in [4.78, 5) is 0. The molecule has 0 fully saturated rings. The second-order valence-electron chi connectivity index (χ2n) is 1.85. The van der Waals surface area contributed by atoms with Gasteiger partial charge in [-0.1, -0.05) is 24.8 Å². The minimum absolute atomic E-state index is 0.646. The maximum absolute atomic E-state index is 5.10. The van der Waals surface area contributed by atoms with Gasteiger partial charge in [0.05, 0.1) is 0 Å². The number of benzene rings is 1. The molecule has 0 atom stereocenters. The van der Waals surface area contributed by atoms with E-state index in [0.29, 0.717) is 5.75 Å². The van der Waals surface area contributed by atoms with E-state index >= 15 is 0 Å². The summed E-state index contributed by atoms with van der Waals surface area (Å²) in [6, 6.07) is 7.32. The first kappa shape index (κ1) is 7.16. The van der Waals surface area contributed by atoms with Gasteiger partial charge in [0, 0.05) is 0 Å². The standard InChI is InChI=1S/C8H7ClO/c1-2-7-3-5-8(10-9)6-4-7/h2-6H,1H2. The van der Waals surface area contributed by atoms with Crippen molar-refractivity contribution in [3.63, 3.8) is 0 Å². The molecule has 0 aromatic heterocycles. The molecule has 1 aromatic carbocycles. The summed E-state index contributed by atoms with van der Waals surface area (Å²) in [7, 11) is 0. The average Bonchev–Trinajstić information content (AvgIpc) is 2.05. The van der Waals surface area contributed by atoms with Gasteiger partial charge in [0.1, 0.15) is 17.6 Å². The molecule has 0 aliphatic heterocycles. The molecule has 0 N–H and O–H groups in total. The lowest BCUT2D eigenvalue weighted by molar-refractivity contribution is 0.619. The Bertz CT molecular complexity index is 215. The van der Waals surface area contributed by atoms with Gasteiger partial charge in [-0.05, 0) is 17.7 Å². The van der Waals surface area contributed by atoms with Crippen LogP contribution in [0.15, 0.2) is 30.8 Å². The van der Waals surface area contributed by atoms with Crippen LogP contribution in [0.1, 0.15) is 5.56 Å². The minimum Gasteiger partial charge on any atom is -0.386 e. The van der Waals surface area contributed by atoms with E-state index in [1.165, 1.54) is 0 Å². The fourth-order valence-corrected chi connectivity index (χ4v) is 0.758. The van der Waals surface area contributed by atoms with Gasteiger partial charge < -0.3 is 4.29 Å². The fraction of sp³-hybridized carbons (Fsp3) is 0. The first-order valence-electron chi connectivity index (χ1n) is 2.88. The van der Waals surface area contributed by atoms with Crippen molar-refractivity contribution in [2.24, 2.45) is 0 Å². The lowest BCUT2D eigenvalue weighted by Crippen LogP contribution is -1.74. The van der Waals surface area contributed by atoms with Crippen LogP contribution in [0.25, 0.3) is 6.08 Å². The Kier molecular flexibility index (Phi) is 2.35. The predicted molar refractivity (Wildman–Crippen MR) is 43.0 cm³/mol. The smallest absolute Gasteiger partial charge is 0.146 e. The Balaban J connectivity index is 2.90. The highest BCUT2D eigenvalue weighted by Gasteiger charge is 1.88. The Hall–Kier alpha value is -0.950. The van der Waals surface area contributed by atoms with E-state index in [9.17, 15) is 0 Å². The van der Waals surface area contributed by atoms with Crippen LogP contribution in [0, 0.1) is 0 Å². The Morgan fingerprint density at radius 2 is 1.90 bits per heavy atom. The van der Waals surface area contributed by atoms with E-state index in [4.69, 9.17) is 11.9 Å². The molecule has 0 spiro atoms. The van der Waals surface area contributed by atoms with Crippen molar-refractivity contribution >= 4 is 17.9 Å². The van der Waals surface area contributed by atoms with Gasteiger partial charge in [0.2, 0.25) is 0 Å². The molecule has 1 aromatic rings. The lowest BCUT2D eigenvalue weighted by atomic mass is 10.2. The van der Waals surface area contributed by atoms with Crippen molar-refractivity contribution in [1.29, 1.82) is 0 Å². The number of rotatable bonds is 2. The molecule has 0 aliphatic rings. The van der Waals surface area contributed by atoms with Crippen LogP contribution in [0.3, 0.4) is 0 Å². The van der Waals surface area contributed by atoms with E-state index < -0.39 is 0 Å². The van der Waals surface area contributed by atoms with Crippen molar-refractivity contribution in [3.8, 4) is 5.75 Å². The summed E-state index contributed by atoms with van der Waals surface area (Å²) < 4.78 is 4.45. The minimum atomic E-state index is 0.646. The zero-order chi connectivity index (χ0) is 7.40. The molecule has 0 heterocycles. The van der Waals surface area contributed by atoms with E-state index in [-0.39, 0.29) is 0 Å². The molecule has 0 amide bonds. The average molecular weight is 155 g/mol. The third-order valence-electron chi connectivity index (χ3n) is 1.20. The highest BCUT2D eigenvalue weighted by Crippen LogP contribution is 2.13. The van der Waals surface area contributed by atoms with E-state index in [2.05, 4.69) is 10.9 Å². The SMILES string of the molecule is C=Cc1ccc(OCl)cc1. The van der Waals surface area contributed by atoms with Crippen LogP contribution in [-0.4, -0.2) is 0 Å². The van der Waals surface area contributed by atoms with E-state index in [0.717, 1.165) is 5.56 Å². The summed E-state index contributed by atoms with van der Waals surface area (Å²) in [6.07, 6.45) is 1.76. The molecule has 0 saturated heterocycles. The molecule has 2 heteroatoms. The van der Waals surface area contributed by atoms with Gasteiger partial charge >= 0.3 is 0 Å². The molecule has 1 rings (SSSR count). The van der Waals surface area contributed by atoms with Crippen LogP contribution < -0.4 is 4.29 Å². The first-order valence-corrected chi connectivity index (χ1v) is 3.19. The van der Waals surface area contributed by atoms with Crippen molar-refractivity contribution in [3.05, 3.63) is 36.4 Å². The van der Waals surface area contributed by atoms with Crippen LogP contribution in [0.4, 0.5) is 0 Å². The second kappa shape index (κ2) is 3.28. The quantitative estimate of drug-likeness (QED) is 0.637. The van der Waals surface area contributed by atoms with Gasteiger partial charge in [0.25, 0.3) is 0 Å². The molecule has 0 unspecified atom stereocenters. The molecule has 0 bridgehead atoms. The van der Waals surface area contributed by atoms with Gasteiger partial charge in [0.15, 0.2) is 0 Å². The zero-order valence-electron chi connectivity index (χ0n) is 5.38. The summed E-state index contributed by atoms with van der Waals surface area (Å²) in [6.45, 7) is 3.61. The third-order valence-corrected chi connectivity index (χ3v) is 1.38. The van der Waals surface area contributed by atoms with Gasteiger partial charge in [-0.15, -0.1) is 0 Å². The van der Waals surface area contributed by atoms with Crippen LogP contribution in [0.2, 0.25) is 0 Å². The van der Waals surface area contributed by atoms with Gasteiger partial charge in [-0.3, -0.25) is 0 Å². The molecule has 10 heavy (non-hydrogen) atoms. The number of hydrogen-bond acceptors (Lipinski definition) is 1. The van der Waals surface area contributed by atoms with E-state index in [1.54, 1.807) is 18.2 Å². The number of halogens is 1. The highest BCUT2D eigenvalue weighted by atomic mass is 35.5. The number of hydrogen-bond donors (Lipinski definition) is 0. The monoisotopic (exact) mass is 154 g/mol. The van der Waals surface area contributed by atoms with Crippen LogP contribution in [0.5, 0.6) is 5.75 Å². The zero-order valence-corrected chi connectivity index (χ0v) is 6.14.